The summed E-state index contributed by atoms with van der Waals surface area (Å²) in [5, 5.41) is 6.82. The van der Waals surface area contributed by atoms with Gasteiger partial charge in [0.1, 0.15) is 0 Å². The average Bonchev–Trinajstić information content (AvgIpc) is 2.80. The van der Waals surface area contributed by atoms with Crippen LogP contribution in [0.3, 0.4) is 0 Å². The molecular weight excluding hydrogens is 287 g/mol. The molecule has 2 rings (SSSR count). The highest BCUT2D eigenvalue weighted by atomic mass is 35.5. The van der Waals surface area contributed by atoms with Crippen LogP contribution in [0.1, 0.15) is 12.8 Å². The van der Waals surface area contributed by atoms with Gasteiger partial charge in [0.2, 0.25) is 0 Å². The molecule has 0 radical (unpaired) electrons. The van der Waals surface area contributed by atoms with Crippen molar-refractivity contribution in [3.63, 3.8) is 0 Å². The third-order valence-electron chi connectivity index (χ3n) is 3.03. The zero-order valence-corrected chi connectivity index (χ0v) is 11.9. The first kappa shape index (κ1) is 14.4. The molecule has 1 amide bonds. The van der Waals surface area contributed by atoms with Crippen molar-refractivity contribution in [3.05, 3.63) is 28.2 Å². The van der Waals surface area contributed by atoms with Gasteiger partial charge in [-0.1, -0.05) is 23.2 Å². The van der Waals surface area contributed by atoms with Gasteiger partial charge < -0.3 is 10.1 Å². The van der Waals surface area contributed by atoms with E-state index in [9.17, 15) is 4.79 Å². The second-order valence-electron chi connectivity index (χ2n) is 4.57. The normalized spacial score (nSPS) is 18.3. The van der Waals surface area contributed by atoms with E-state index < -0.39 is 6.09 Å². The van der Waals surface area contributed by atoms with Gasteiger partial charge in [-0.05, 0) is 50.0 Å². The lowest BCUT2D eigenvalue weighted by atomic mass is 10.1. The highest BCUT2D eigenvalue weighted by molar-refractivity contribution is 6.35. The molecule has 1 aromatic carbocycles. The van der Waals surface area contributed by atoms with Crippen molar-refractivity contribution in [3.8, 4) is 0 Å². The Morgan fingerprint density at radius 2 is 2.11 bits per heavy atom. The fraction of sp³-hybridized carbons (Fsp3) is 0.462. The zero-order chi connectivity index (χ0) is 13.7. The lowest BCUT2D eigenvalue weighted by Crippen LogP contribution is -2.17. The lowest BCUT2D eigenvalue weighted by molar-refractivity contribution is 0.154. The molecule has 0 saturated carbocycles. The minimum Gasteiger partial charge on any atom is -0.449 e. The van der Waals surface area contributed by atoms with Crippen LogP contribution in [-0.4, -0.2) is 25.8 Å². The van der Waals surface area contributed by atoms with Crippen molar-refractivity contribution >= 4 is 35.0 Å². The molecule has 4 nitrogen and oxygen atoms in total. The Balaban J connectivity index is 1.74. The first-order chi connectivity index (χ1) is 9.13. The minimum absolute atomic E-state index is 0.423. The maximum Gasteiger partial charge on any atom is 0.411 e. The van der Waals surface area contributed by atoms with Crippen LogP contribution in [0.5, 0.6) is 0 Å². The fourth-order valence-corrected chi connectivity index (χ4v) is 2.59. The molecule has 1 heterocycles. The SMILES string of the molecule is O=C(Nc1cc(Cl)cc(Cl)c1)OCCC1CCNC1. The second kappa shape index (κ2) is 6.98. The first-order valence-electron chi connectivity index (χ1n) is 6.24. The van der Waals surface area contributed by atoms with E-state index in [1.165, 1.54) is 0 Å². The largest absolute Gasteiger partial charge is 0.449 e. The Kier molecular flexibility index (Phi) is 5.31. The summed E-state index contributed by atoms with van der Waals surface area (Å²) < 4.78 is 5.12. The van der Waals surface area contributed by atoms with E-state index in [1.54, 1.807) is 18.2 Å². The molecule has 0 aliphatic carbocycles. The second-order valence-corrected chi connectivity index (χ2v) is 5.44. The van der Waals surface area contributed by atoms with Gasteiger partial charge in [-0.15, -0.1) is 0 Å². The Morgan fingerprint density at radius 3 is 2.74 bits per heavy atom. The molecule has 1 aromatic rings. The van der Waals surface area contributed by atoms with Crippen LogP contribution >= 0.6 is 23.2 Å². The molecule has 0 spiro atoms. The molecule has 1 fully saturated rings. The summed E-state index contributed by atoms with van der Waals surface area (Å²) in [5.74, 6) is 0.605. The van der Waals surface area contributed by atoms with Gasteiger partial charge in [0.25, 0.3) is 0 Å². The first-order valence-corrected chi connectivity index (χ1v) is 6.99. The minimum atomic E-state index is -0.482. The number of hydrogen-bond donors (Lipinski definition) is 2. The van der Waals surface area contributed by atoms with E-state index in [1.807, 2.05) is 0 Å². The summed E-state index contributed by atoms with van der Waals surface area (Å²) in [6.07, 6.45) is 1.55. The van der Waals surface area contributed by atoms with Gasteiger partial charge in [0.15, 0.2) is 0 Å². The van der Waals surface area contributed by atoms with E-state index in [-0.39, 0.29) is 0 Å². The molecule has 1 atom stereocenters. The Morgan fingerprint density at radius 1 is 1.37 bits per heavy atom. The quantitative estimate of drug-likeness (QED) is 0.894. The third kappa shape index (κ3) is 4.90. The van der Waals surface area contributed by atoms with Crippen LogP contribution in [0.4, 0.5) is 10.5 Å². The van der Waals surface area contributed by atoms with Crippen molar-refractivity contribution in [2.75, 3.05) is 25.0 Å². The monoisotopic (exact) mass is 302 g/mol. The number of anilines is 1. The zero-order valence-electron chi connectivity index (χ0n) is 10.4. The number of halogens is 2. The summed E-state index contributed by atoms with van der Waals surface area (Å²) >= 11 is 11.7. The number of ether oxygens (including phenoxy) is 1. The summed E-state index contributed by atoms with van der Waals surface area (Å²) in [6.45, 7) is 2.49. The third-order valence-corrected chi connectivity index (χ3v) is 3.47. The van der Waals surface area contributed by atoms with Gasteiger partial charge in [-0.3, -0.25) is 5.32 Å². The topological polar surface area (TPSA) is 50.4 Å². The molecule has 19 heavy (non-hydrogen) atoms. The fourth-order valence-electron chi connectivity index (χ4n) is 2.06. The van der Waals surface area contributed by atoms with E-state index in [0.717, 1.165) is 25.9 Å². The number of amides is 1. The van der Waals surface area contributed by atoms with Crippen LogP contribution in [0.15, 0.2) is 18.2 Å². The van der Waals surface area contributed by atoms with Crippen LogP contribution in [-0.2, 0) is 4.74 Å². The number of carbonyl (C=O) groups is 1. The van der Waals surface area contributed by atoms with Crippen molar-refractivity contribution in [2.45, 2.75) is 12.8 Å². The molecule has 104 valence electrons. The van der Waals surface area contributed by atoms with E-state index in [2.05, 4.69) is 10.6 Å². The molecule has 6 heteroatoms. The highest BCUT2D eigenvalue weighted by Crippen LogP contribution is 2.22. The number of nitrogens with one attached hydrogen (secondary N) is 2. The van der Waals surface area contributed by atoms with Crippen molar-refractivity contribution in [2.24, 2.45) is 5.92 Å². The molecule has 0 aromatic heterocycles. The average molecular weight is 303 g/mol. The lowest BCUT2D eigenvalue weighted by Gasteiger charge is -2.10. The Bertz CT molecular complexity index is 428. The molecule has 2 N–H and O–H groups in total. The smallest absolute Gasteiger partial charge is 0.411 e. The van der Waals surface area contributed by atoms with Gasteiger partial charge in [0.05, 0.1) is 6.61 Å². The van der Waals surface area contributed by atoms with Gasteiger partial charge in [-0.2, -0.15) is 0 Å². The van der Waals surface area contributed by atoms with Crippen LogP contribution in [0.25, 0.3) is 0 Å². The van der Waals surface area contributed by atoms with E-state index >= 15 is 0 Å². The van der Waals surface area contributed by atoms with E-state index in [0.29, 0.717) is 28.3 Å². The van der Waals surface area contributed by atoms with Crippen molar-refractivity contribution in [1.82, 2.24) is 5.32 Å². The van der Waals surface area contributed by atoms with Crippen molar-refractivity contribution in [1.29, 1.82) is 0 Å². The van der Waals surface area contributed by atoms with Gasteiger partial charge >= 0.3 is 6.09 Å². The number of carbonyl (C=O) groups excluding carboxylic acids is 1. The highest BCUT2D eigenvalue weighted by Gasteiger charge is 2.14. The maximum absolute atomic E-state index is 11.6. The maximum atomic E-state index is 11.6. The summed E-state index contributed by atoms with van der Waals surface area (Å²) in [6, 6.07) is 4.85. The molecular formula is C13H16Cl2N2O2. The van der Waals surface area contributed by atoms with Crippen LogP contribution in [0, 0.1) is 5.92 Å². The van der Waals surface area contributed by atoms with Gasteiger partial charge in [0, 0.05) is 15.7 Å². The Hall–Kier alpha value is -0.970. The summed E-state index contributed by atoms with van der Waals surface area (Å²) in [7, 11) is 0. The van der Waals surface area contributed by atoms with E-state index in [4.69, 9.17) is 27.9 Å². The number of rotatable bonds is 4. The standard InChI is InChI=1S/C13H16Cl2N2O2/c14-10-5-11(15)7-12(6-10)17-13(18)19-4-2-9-1-3-16-8-9/h5-7,9,16H,1-4,8H2,(H,17,18). The molecule has 1 aliphatic rings. The summed E-state index contributed by atoms with van der Waals surface area (Å²) in [5.41, 5.74) is 0.532. The molecule has 1 aliphatic heterocycles. The Labute approximate surface area is 122 Å². The predicted molar refractivity (Wildman–Crippen MR) is 77.0 cm³/mol. The van der Waals surface area contributed by atoms with Crippen LogP contribution in [0.2, 0.25) is 10.0 Å². The van der Waals surface area contributed by atoms with Gasteiger partial charge in [-0.25, -0.2) is 4.79 Å². The number of benzene rings is 1. The van der Waals surface area contributed by atoms with Crippen LogP contribution < -0.4 is 10.6 Å². The molecule has 0 bridgehead atoms. The predicted octanol–water partition coefficient (Wildman–Crippen LogP) is 3.54. The molecule has 1 unspecified atom stereocenters. The molecule has 1 saturated heterocycles. The summed E-state index contributed by atoms with van der Waals surface area (Å²) in [4.78, 5) is 11.6. The number of hydrogen-bond acceptors (Lipinski definition) is 3. The van der Waals surface area contributed by atoms with Crippen molar-refractivity contribution < 1.29 is 9.53 Å².